The Hall–Kier alpha value is -1.80. The molecule has 0 heterocycles. The first kappa shape index (κ1) is 14.6. The Balaban J connectivity index is 2.26. The summed E-state index contributed by atoms with van der Waals surface area (Å²) in [5.41, 5.74) is 1.81. The Morgan fingerprint density at radius 3 is 2.25 bits per heavy atom. The lowest BCUT2D eigenvalue weighted by atomic mass is 9.87. The van der Waals surface area contributed by atoms with Crippen LogP contribution in [0.2, 0.25) is 5.02 Å². The van der Waals surface area contributed by atoms with Gasteiger partial charge in [-0.15, -0.1) is 0 Å². The Labute approximate surface area is 124 Å². The van der Waals surface area contributed by atoms with Gasteiger partial charge in [0.05, 0.1) is 5.56 Å². The Kier molecular flexibility index (Phi) is 4.15. The van der Waals surface area contributed by atoms with Crippen LogP contribution in [0.3, 0.4) is 0 Å². The normalized spacial score (nSPS) is 11.2. The average Bonchev–Trinajstić information content (AvgIpc) is 2.38. The minimum atomic E-state index is 0.0997. The maximum atomic E-state index is 11.0. The summed E-state index contributed by atoms with van der Waals surface area (Å²) in [6.45, 7) is 6.47. The molecule has 2 rings (SSSR count). The van der Waals surface area contributed by atoms with E-state index in [0.29, 0.717) is 22.1 Å². The second-order valence-electron chi connectivity index (χ2n) is 5.68. The van der Waals surface area contributed by atoms with Crippen molar-refractivity contribution in [2.45, 2.75) is 26.2 Å². The van der Waals surface area contributed by atoms with Crippen LogP contribution in [0.1, 0.15) is 36.7 Å². The van der Waals surface area contributed by atoms with Crippen LogP contribution < -0.4 is 4.74 Å². The Morgan fingerprint density at radius 2 is 1.70 bits per heavy atom. The summed E-state index contributed by atoms with van der Waals surface area (Å²) < 4.78 is 5.73. The van der Waals surface area contributed by atoms with Crippen molar-refractivity contribution < 1.29 is 9.53 Å². The first-order valence-electron chi connectivity index (χ1n) is 6.43. The number of hydrogen-bond acceptors (Lipinski definition) is 2. The van der Waals surface area contributed by atoms with E-state index in [9.17, 15) is 4.79 Å². The maximum absolute atomic E-state index is 11.0. The van der Waals surface area contributed by atoms with E-state index in [4.69, 9.17) is 16.3 Å². The molecule has 0 fully saturated rings. The lowest BCUT2D eigenvalue weighted by Gasteiger charge is -2.19. The van der Waals surface area contributed by atoms with Gasteiger partial charge < -0.3 is 4.74 Å². The Bertz CT molecular complexity index is 610. The number of aldehydes is 1. The highest BCUT2D eigenvalue weighted by atomic mass is 35.5. The van der Waals surface area contributed by atoms with Crippen molar-refractivity contribution in [2.24, 2.45) is 0 Å². The number of carbonyl (C=O) groups excluding carboxylic acids is 1. The summed E-state index contributed by atoms with van der Waals surface area (Å²) in [5, 5.41) is 0.539. The number of halogens is 1. The summed E-state index contributed by atoms with van der Waals surface area (Å²) in [6, 6.07) is 12.8. The predicted molar refractivity (Wildman–Crippen MR) is 82.1 cm³/mol. The molecule has 0 unspecified atom stereocenters. The molecule has 20 heavy (non-hydrogen) atoms. The lowest BCUT2D eigenvalue weighted by Crippen LogP contribution is -2.10. The van der Waals surface area contributed by atoms with Gasteiger partial charge in [0.25, 0.3) is 0 Å². The van der Waals surface area contributed by atoms with Gasteiger partial charge in [0, 0.05) is 11.1 Å². The molecule has 0 aromatic heterocycles. The fraction of sp³-hybridized carbons (Fsp3) is 0.235. The van der Waals surface area contributed by atoms with Gasteiger partial charge in [-0.05, 0) is 35.2 Å². The van der Waals surface area contributed by atoms with Crippen molar-refractivity contribution >= 4 is 17.9 Å². The second kappa shape index (κ2) is 5.68. The van der Waals surface area contributed by atoms with Crippen LogP contribution >= 0.6 is 11.6 Å². The number of hydrogen-bond donors (Lipinski definition) is 0. The molecule has 104 valence electrons. The number of ether oxygens (including phenoxy) is 1. The van der Waals surface area contributed by atoms with Crippen LogP contribution in [0.25, 0.3) is 0 Å². The van der Waals surface area contributed by atoms with Gasteiger partial charge >= 0.3 is 0 Å². The van der Waals surface area contributed by atoms with Crippen LogP contribution in [-0.2, 0) is 5.41 Å². The number of rotatable bonds is 3. The summed E-state index contributed by atoms with van der Waals surface area (Å²) in [7, 11) is 0. The maximum Gasteiger partial charge on any atom is 0.153 e. The zero-order chi connectivity index (χ0) is 14.8. The van der Waals surface area contributed by atoms with Gasteiger partial charge in [-0.2, -0.15) is 0 Å². The smallest absolute Gasteiger partial charge is 0.153 e. The van der Waals surface area contributed by atoms with Gasteiger partial charge in [0.1, 0.15) is 11.5 Å². The van der Waals surface area contributed by atoms with E-state index in [2.05, 4.69) is 20.8 Å². The molecule has 0 radical (unpaired) electrons. The highest BCUT2D eigenvalue weighted by Crippen LogP contribution is 2.29. The second-order valence-corrected chi connectivity index (χ2v) is 6.11. The molecule has 0 N–H and O–H groups in total. The highest BCUT2D eigenvalue weighted by Gasteiger charge is 2.13. The van der Waals surface area contributed by atoms with Crippen molar-refractivity contribution in [2.75, 3.05) is 0 Å². The fourth-order valence-electron chi connectivity index (χ4n) is 1.84. The molecule has 0 atom stereocenters. The van der Waals surface area contributed by atoms with E-state index in [-0.39, 0.29) is 5.41 Å². The molecule has 0 aliphatic heterocycles. The van der Waals surface area contributed by atoms with E-state index >= 15 is 0 Å². The third kappa shape index (κ3) is 3.40. The molecular weight excluding hydrogens is 272 g/mol. The first-order valence-corrected chi connectivity index (χ1v) is 6.81. The highest BCUT2D eigenvalue weighted by molar-refractivity contribution is 6.30. The summed E-state index contributed by atoms with van der Waals surface area (Å²) >= 11 is 5.93. The van der Waals surface area contributed by atoms with E-state index in [1.165, 1.54) is 5.56 Å². The quantitative estimate of drug-likeness (QED) is 0.722. The summed E-state index contributed by atoms with van der Waals surface area (Å²) in [5.74, 6) is 1.15. The van der Waals surface area contributed by atoms with Crippen LogP contribution in [0.15, 0.2) is 42.5 Å². The fourth-order valence-corrected chi connectivity index (χ4v) is 2.01. The largest absolute Gasteiger partial charge is 0.457 e. The van der Waals surface area contributed by atoms with Crippen LogP contribution in [-0.4, -0.2) is 6.29 Å². The van der Waals surface area contributed by atoms with Crippen LogP contribution in [0.4, 0.5) is 0 Å². The zero-order valence-corrected chi connectivity index (χ0v) is 12.6. The molecular formula is C17H17ClO2. The number of benzene rings is 2. The molecule has 0 aliphatic rings. The topological polar surface area (TPSA) is 26.3 Å². The molecule has 0 amide bonds. The minimum Gasteiger partial charge on any atom is -0.457 e. The van der Waals surface area contributed by atoms with Crippen LogP contribution in [0, 0.1) is 0 Å². The molecule has 0 bridgehead atoms. The zero-order valence-electron chi connectivity index (χ0n) is 11.8. The summed E-state index contributed by atoms with van der Waals surface area (Å²) in [6.07, 6.45) is 0.759. The monoisotopic (exact) mass is 288 g/mol. The minimum absolute atomic E-state index is 0.0997. The van der Waals surface area contributed by atoms with Crippen molar-refractivity contribution in [3.8, 4) is 11.5 Å². The van der Waals surface area contributed by atoms with Crippen LogP contribution in [0.5, 0.6) is 11.5 Å². The van der Waals surface area contributed by atoms with Crippen molar-refractivity contribution in [1.82, 2.24) is 0 Å². The molecule has 2 nitrogen and oxygen atoms in total. The molecule has 0 saturated carbocycles. The standard InChI is InChI=1S/C17H17ClO2/c1-17(2,3)13-5-8-15(9-6-13)20-16-10-14(18)7-4-12(16)11-19/h4-11H,1-3H3. The third-order valence-electron chi connectivity index (χ3n) is 3.05. The van der Waals surface area contributed by atoms with Crippen molar-refractivity contribution in [3.63, 3.8) is 0 Å². The van der Waals surface area contributed by atoms with Gasteiger partial charge in [-0.3, -0.25) is 4.79 Å². The lowest BCUT2D eigenvalue weighted by molar-refractivity contribution is 0.112. The Morgan fingerprint density at radius 1 is 1.05 bits per heavy atom. The van der Waals surface area contributed by atoms with Crippen molar-refractivity contribution in [1.29, 1.82) is 0 Å². The predicted octanol–water partition coefficient (Wildman–Crippen LogP) is 5.24. The van der Waals surface area contributed by atoms with Gasteiger partial charge in [-0.25, -0.2) is 0 Å². The molecule has 0 aliphatic carbocycles. The summed E-state index contributed by atoms with van der Waals surface area (Å²) in [4.78, 5) is 11.0. The van der Waals surface area contributed by atoms with Gasteiger partial charge in [0.2, 0.25) is 0 Å². The van der Waals surface area contributed by atoms with Gasteiger partial charge in [0.15, 0.2) is 6.29 Å². The average molecular weight is 289 g/mol. The number of carbonyl (C=O) groups is 1. The van der Waals surface area contributed by atoms with E-state index in [1.807, 2.05) is 24.3 Å². The SMILES string of the molecule is CC(C)(C)c1ccc(Oc2cc(Cl)ccc2C=O)cc1. The van der Waals surface area contributed by atoms with E-state index in [1.54, 1.807) is 18.2 Å². The van der Waals surface area contributed by atoms with Gasteiger partial charge in [-0.1, -0.05) is 44.5 Å². The van der Waals surface area contributed by atoms with E-state index in [0.717, 1.165) is 6.29 Å². The molecule has 2 aromatic carbocycles. The molecule has 3 heteroatoms. The first-order chi connectivity index (χ1) is 9.40. The molecule has 2 aromatic rings. The molecule has 0 saturated heterocycles. The third-order valence-corrected chi connectivity index (χ3v) is 3.29. The molecule has 0 spiro atoms. The van der Waals surface area contributed by atoms with Crippen molar-refractivity contribution in [3.05, 3.63) is 58.6 Å². The van der Waals surface area contributed by atoms with E-state index < -0.39 is 0 Å².